The SMILES string of the molecule is Cc1ccc2[nH]c(C)c(CCN(Cc3ccncc3)C(=S)Nc3ccccc3)c2c1. The van der Waals surface area contributed by atoms with E-state index in [-0.39, 0.29) is 0 Å². The molecule has 2 heterocycles. The van der Waals surface area contributed by atoms with E-state index in [1.807, 2.05) is 54.9 Å². The number of aryl methyl sites for hydroxylation is 2. The van der Waals surface area contributed by atoms with Crippen LogP contribution in [-0.4, -0.2) is 26.5 Å². The Morgan fingerprint density at radius 3 is 2.57 bits per heavy atom. The molecule has 152 valence electrons. The number of pyridine rings is 1. The molecule has 0 saturated carbocycles. The molecular weight excluding hydrogens is 388 g/mol. The van der Waals surface area contributed by atoms with Crippen LogP contribution in [-0.2, 0) is 13.0 Å². The van der Waals surface area contributed by atoms with E-state index in [1.165, 1.54) is 33.3 Å². The number of H-pyrrole nitrogens is 1. The van der Waals surface area contributed by atoms with Gasteiger partial charge in [0.2, 0.25) is 0 Å². The van der Waals surface area contributed by atoms with Gasteiger partial charge >= 0.3 is 0 Å². The van der Waals surface area contributed by atoms with Gasteiger partial charge in [-0.1, -0.05) is 29.8 Å². The van der Waals surface area contributed by atoms with Crippen molar-refractivity contribution in [1.82, 2.24) is 14.9 Å². The quantitative estimate of drug-likeness (QED) is 0.402. The van der Waals surface area contributed by atoms with Crippen molar-refractivity contribution >= 4 is 33.9 Å². The summed E-state index contributed by atoms with van der Waals surface area (Å²) < 4.78 is 0. The van der Waals surface area contributed by atoms with Crippen LogP contribution in [0.2, 0.25) is 0 Å². The van der Waals surface area contributed by atoms with E-state index in [4.69, 9.17) is 12.2 Å². The normalized spacial score (nSPS) is 10.9. The van der Waals surface area contributed by atoms with Gasteiger partial charge in [0.15, 0.2) is 5.11 Å². The molecule has 0 aliphatic heterocycles. The van der Waals surface area contributed by atoms with Crippen molar-refractivity contribution in [2.24, 2.45) is 0 Å². The Labute approximate surface area is 183 Å². The van der Waals surface area contributed by atoms with Crippen LogP contribution in [0.3, 0.4) is 0 Å². The Morgan fingerprint density at radius 1 is 1.03 bits per heavy atom. The van der Waals surface area contributed by atoms with Crippen LogP contribution >= 0.6 is 12.2 Å². The second kappa shape index (κ2) is 9.09. The monoisotopic (exact) mass is 414 g/mol. The van der Waals surface area contributed by atoms with E-state index in [2.05, 4.69) is 52.2 Å². The lowest BCUT2D eigenvalue weighted by atomic mass is 10.1. The smallest absolute Gasteiger partial charge is 0.173 e. The summed E-state index contributed by atoms with van der Waals surface area (Å²) >= 11 is 5.79. The maximum Gasteiger partial charge on any atom is 0.173 e. The molecule has 0 saturated heterocycles. The first-order valence-corrected chi connectivity index (χ1v) is 10.6. The molecule has 30 heavy (non-hydrogen) atoms. The number of benzene rings is 2. The Balaban J connectivity index is 1.56. The second-order valence-corrected chi connectivity index (χ2v) is 7.99. The van der Waals surface area contributed by atoms with E-state index >= 15 is 0 Å². The highest BCUT2D eigenvalue weighted by Gasteiger charge is 2.14. The average Bonchev–Trinajstić information content (AvgIpc) is 3.07. The Hall–Kier alpha value is -3.18. The number of aromatic nitrogens is 2. The van der Waals surface area contributed by atoms with Gasteiger partial charge in [0.1, 0.15) is 0 Å². The highest BCUT2D eigenvalue weighted by molar-refractivity contribution is 7.80. The molecule has 0 atom stereocenters. The molecular formula is C25H26N4S. The van der Waals surface area contributed by atoms with Crippen LogP contribution < -0.4 is 5.32 Å². The minimum Gasteiger partial charge on any atom is -0.358 e. The maximum absolute atomic E-state index is 5.79. The predicted octanol–water partition coefficient (Wildman–Crippen LogP) is 5.62. The number of hydrogen-bond donors (Lipinski definition) is 2. The van der Waals surface area contributed by atoms with Crippen molar-refractivity contribution in [1.29, 1.82) is 0 Å². The Bertz CT molecular complexity index is 1140. The third kappa shape index (κ3) is 4.69. The molecule has 2 aromatic carbocycles. The molecule has 4 aromatic rings. The summed E-state index contributed by atoms with van der Waals surface area (Å²) in [7, 11) is 0. The fraction of sp³-hybridized carbons (Fsp3) is 0.200. The number of thiocarbonyl (C=S) groups is 1. The highest BCUT2D eigenvalue weighted by Crippen LogP contribution is 2.24. The first kappa shape index (κ1) is 20.1. The minimum absolute atomic E-state index is 0.728. The molecule has 0 aliphatic carbocycles. The number of hydrogen-bond acceptors (Lipinski definition) is 2. The van der Waals surface area contributed by atoms with Gasteiger partial charge in [0, 0.05) is 47.8 Å². The average molecular weight is 415 g/mol. The summed E-state index contributed by atoms with van der Waals surface area (Å²) in [5, 5.41) is 5.42. The fourth-order valence-corrected chi connectivity index (χ4v) is 4.02. The van der Waals surface area contributed by atoms with Gasteiger partial charge in [-0.15, -0.1) is 0 Å². The number of para-hydroxylation sites is 1. The molecule has 0 unspecified atom stereocenters. The van der Waals surface area contributed by atoms with Gasteiger partial charge in [-0.3, -0.25) is 4.98 Å². The molecule has 4 rings (SSSR count). The molecule has 2 aromatic heterocycles. The van der Waals surface area contributed by atoms with E-state index in [9.17, 15) is 0 Å². The molecule has 5 heteroatoms. The molecule has 0 fully saturated rings. The molecule has 2 N–H and O–H groups in total. The fourth-order valence-electron chi connectivity index (χ4n) is 3.75. The summed E-state index contributed by atoms with van der Waals surface area (Å²) in [4.78, 5) is 9.88. The Morgan fingerprint density at radius 2 is 1.80 bits per heavy atom. The van der Waals surface area contributed by atoms with Crippen molar-refractivity contribution in [3.05, 3.63) is 95.4 Å². The molecule has 0 spiro atoms. The van der Waals surface area contributed by atoms with Crippen molar-refractivity contribution in [3.63, 3.8) is 0 Å². The molecule has 0 radical (unpaired) electrons. The van der Waals surface area contributed by atoms with Crippen molar-refractivity contribution in [2.75, 3.05) is 11.9 Å². The lowest BCUT2D eigenvalue weighted by Gasteiger charge is -2.26. The number of fused-ring (bicyclic) bond motifs is 1. The molecule has 0 bridgehead atoms. The highest BCUT2D eigenvalue weighted by atomic mass is 32.1. The summed E-state index contributed by atoms with van der Waals surface area (Å²) in [5.74, 6) is 0. The van der Waals surface area contributed by atoms with Gasteiger partial charge in [0.05, 0.1) is 0 Å². The predicted molar refractivity (Wildman–Crippen MR) is 129 cm³/mol. The lowest BCUT2D eigenvalue weighted by molar-refractivity contribution is 0.423. The largest absolute Gasteiger partial charge is 0.358 e. The summed E-state index contributed by atoms with van der Waals surface area (Å²) in [6.45, 7) is 5.85. The van der Waals surface area contributed by atoms with Crippen LogP contribution in [0, 0.1) is 13.8 Å². The third-order valence-corrected chi connectivity index (χ3v) is 5.70. The molecule has 0 aliphatic rings. The first-order chi connectivity index (χ1) is 14.6. The maximum atomic E-state index is 5.79. The standard InChI is InChI=1S/C25H26N4S/c1-18-8-9-24-23(16-18)22(19(2)27-24)12-15-29(17-20-10-13-26-14-11-20)25(30)28-21-6-4-3-5-7-21/h3-11,13-14,16,27H,12,15,17H2,1-2H3,(H,28,30). The topological polar surface area (TPSA) is 44.0 Å². The van der Waals surface area contributed by atoms with Crippen LogP contribution in [0.5, 0.6) is 0 Å². The van der Waals surface area contributed by atoms with Gasteiger partial charge in [-0.25, -0.2) is 0 Å². The van der Waals surface area contributed by atoms with Crippen molar-refractivity contribution in [2.45, 2.75) is 26.8 Å². The number of aromatic amines is 1. The van der Waals surface area contributed by atoms with Crippen molar-refractivity contribution < 1.29 is 0 Å². The zero-order chi connectivity index (χ0) is 20.9. The van der Waals surface area contributed by atoms with Crippen LogP contribution in [0.25, 0.3) is 10.9 Å². The summed E-state index contributed by atoms with van der Waals surface area (Å²) in [5.41, 5.74) is 7.24. The van der Waals surface area contributed by atoms with E-state index < -0.39 is 0 Å². The lowest BCUT2D eigenvalue weighted by Crippen LogP contribution is -2.36. The Kier molecular flexibility index (Phi) is 6.10. The van der Waals surface area contributed by atoms with E-state index in [1.54, 1.807) is 0 Å². The second-order valence-electron chi connectivity index (χ2n) is 7.60. The number of rotatable bonds is 6. The molecule has 0 amide bonds. The van der Waals surface area contributed by atoms with Gasteiger partial charge in [0.25, 0.3) is 0 Å². The van der Waals surface area contributed by atoms with Gasteiger partial charge in [-0.2, -0.15) is 0 Å². The third-order valence-electron chi connectivity index (χ3n) is 5.34. The van der Waals surface area contributed by atoms with Crippen LogP contribution in [0.15, 0.2) is 73.1 Å². The van der Waals surface area contributed by atoms with Gasteiger partial charge in [-0.05, 0) is 80.0 Å². The first-order valence-electron chi connectivity index (χ1n) is 10.2. The summed E-state index contributed by atoms with van der Waals surface area (Å²) in [6, 6.07) is 20.7. The number of nitrogens with one attached hydrogen (secondary N) is 2. The van der Waals surface area contributed by atoms with Gasteiger partial charge < -0.3 is 15.2 Å². The van der Waals surface area contributed by atoms with E-state index in [0.29, 0.717) is 0 Å². The van der Waals surface area contributed by atoms with Crippen LogP contribution in [0.4, 0.5) is 5.69 Å². The van der Waals surface area contributed by atoms with E-state index in [0.717, 1.165) is 30.3 Å². The zero-order valence-electron chi connectivity index (χ0n) is 17.4. The number of nitrogens with zero attached hydrogens (tertiary/aromatic N) is 2. The number of anilines is 1. The summed E-state index contributed by atoms with van der Waals surface area (Å²) in [6.07, 6.45) is 4.57. The van der Waals surface area contributed by atoms with Crippen molar-refractivity contribution in [3.8, 4) is 0 Å². The minimum atomic E-state index is 0.728. The van der Waals surface area contributed by atoms with Crippen LogP contribution in [0.1, 0.15) is 22.4 Å². The molecule has 4 nitrogen and oxygen atoms in total. The zero-order valence-corrected chi connectivity index (χ0v) is 18.2.